The van der Waals surface area contributed by atoms with Crippen LogP contribution in [0.15, 0.2) is 17.5 Å². The summed E-state index contributed by atoms with van der Waals surface area (Å²) in [4.78, 5) is 4.14. The van der Waals surface area contributed by atoms with Crippen molar-refractivity contribution in [2.24, 2.45) is 5.92 Å². The summed E-state index contributed by atoms with van der Waals surface area (Å²) in [6.45, 7) is 10.7. The summed E-state index contributed by atoms with van der Waals surface area (Å²) < 4.78 is 0. The summed E-state index contributed by atoms with van der Waals surface area (Å²) in [5.74, 6) is 0.753. The first-order chi connectivity index (χ1) is 8.53. The van der Waals surface area contributed by atoms with Gasteiger partial charge in [-0.05, 0) is 37.4 Å². The number of likely N-dealkylation sites (tertiary alicyclic amines) is 1. The Morgan fingerprint density at radius 2 is 2.28 bits per heavy atom. The van der Waals surface area contributed by atoms with E-state index in [-0.39, 0.29) is 5.41 Å². The Balaban J connectivity index is 1.94. The summed E-state index contributed by atoms with van der Waals surface area (Å²) in [5, 5.41) is 5.63. The van der Waals surface area contributed by atoms with Crippen LogP contribution >= 0.6 is 11.3 Å². The lowest BCUT2D eigenvalue weighted by atomic mass is 9.87. The number of hydrogen-bond donors (Lipinski definition) is 1. The second-order valence-electron chi connectivity index (χ2n) is 6.26. The highest BCUT2D eigenvalue weighted by Gasteiger charge is 2.30. The number of nitrogens with zero attached hydrogens (tertiary/aromatic N) is 1. The first kappa shape index (κ1) is 14.0. The maximum Gasteiger partial charge on any atom is 0.0118 e. The van der Waals surface area contributed by atoms with Gasteiger partial charge in [-0.25, -0.2) is 0 Å². The number of thiophene rings is 1. The van der Waals surface area contributed by atoms with Gasteiger partial charge in [0.25, 0.3) is 0 Å². The Labute approximate surface area is 115 Å². The third kappa shape index (κ3) is 3.14. The van der Waals surface area contributed by atoms with Crippen molar-refractivity contribution in [3.8, 4) is 0 Å². The number of rotatable bonds is 4. The predicted molar refractivity (Wildman–Crippen MR) is 80.4 cm³/mol. The molecule has 0 saturated carbocycles. The molecule has 2 rings (SSSR count). The fraction of sp³-hybridized carbons (Fsp3) is 0.733. The summed E-state index contributed by atoms with van der Waals surface area (Å²) in [7, 11) is 2.09. The maximum absolute atomic E-state index is 3.44. The van der Waals surface area contributed by atoms with Gasteiger partial charge in [-0.15, -0.1) is 11.3 Å². The Morgan fingerprint density at radius 3 is 2.83 bits per heavy atom. The Bertz CT molecular complexity index is 359. The van der Waals surface area contributed by atoms with Crippen molar-refractivity contribution in [3.63, 3.8) is 0 Å². The van der Waals surface area contributed by atoms with Gasteiger partial charge in [0.05, 0.1) is 0 Å². The van der Waals surface area contributed by atoms with Crippen LogP contribution in [0.4, 0.5) is 0 Å². The van der Waals surface area contributed by atoms with Crippen LogP contribution in [-0.2, 0) is 5.41 Å². The fourth-order valence-corrected chi connectivity index (χ4v) is 3.95. The molecule has 2 heterocycles. The SMILES string of the molecule is CNC1CCN(CC(C)(C)c2cccs2)CC1C. The standard InChI is InChI=1S/C15H26N2S/c1-12-10-17(8-7-13(12)16-4)11-15(2,3)14-6-5-9-18-14/h5-6,9,12-13,16H,7-8,10-11H2,1-4H3. The molecule has 0 amide bonds. The quantitative estimate of drug-likeness (QED) is 0.901. The minimum Gasteiger partial charge on any atom is -0.317 e. The van der Waals surface area contributed by atoms with E-state index in [0.29, 0.717) is 6.04 Å². The molecule has 0 aromatic carbocycles. The van der Waals surface area contributed by atoms with Gasteiger partial charge in [-0.2, -0.15) is 0 Å². The van der Waals surface area contributed by atoms with Crippen molar-refractivity contribution < 1.29 is 0 Å². The molecule has 1 aliphatic rings. The molecule has 3 heteroatoms. The largest absolute Gasteiger partial charge is 0.317 e. The van der Waals surface area contributed by atoms with Crippen molar-refractivity contribution in [1.29, 1.82) is 0 Å². The lowest BCUT2D eigenvalue weighted by Gasteiger charge is -2.40. The molecule has 2 unspecified atom stereocenters. The smallest absolute Gasteiger partial charge is 0.0118 e. The first-order valence-electron chi connectivity index (χ1n) is 6.96. The van der Waals surface area contributed by atoms with Crippen molar-refractivity contribution in [2.45, 2.75) is 38.6 Å². The van der Waals surface area contributed by atoms with Crippen LogP contribution in [0.1, 0.15) is 32.1 Å². The van der Waals surface area contributed by atoms with E-state index in [1.807, 2.05) is 11.3 Å². The Kier molecular flexibility index (Phi) is 4.46. The highest BCUT2D eigenvalue weighted by Crippen LogP contribution is 2.30. The molecule has 1 saturated heterocycles. The second kappa shape index (κ2) is 5.72. The number of piperidine rings is 1. The van der Waals surface area contributed by atoms with Crippen LogP contribution in [0.25, 0.3) is 0 Å². The minimum absolute atomic E-state index is 0.278. The van der Waals surface area contributed by atoms with Gasteiger partial charge in [-0.1, -0.05) is 26.8 Å². The van der Waals surface area contributed by atoms with Crippen LogP contribution < -0.4 is 5.32 Å². The van der Waals surface area contributed by atoms with Gasteiger partial charge in [0.2, 0.25) is 0 Å². The highest BCUT2D eigenvalue weighted by molar-refractivity contribution is 7.10. The molecule has 1 aromatic rings. The second-order valence-corrected chi connectivity index (χ2v) is 7.21. The van der Waals surface area contributed by atoms with Gasteiger partial charge >= 0.3 is 0 Å². The van der Waals surface area contributed by atoms with Crippen molar-refractivity contribution >= 4 is 11.3 Å². The zero-order valence-corrected chi connectivity index (χ0v) is 12.9. The van der Waals surface area contributed by atoms with E-state index in [1.165, 1.54) is 30.9 Å². The molecular formula is C15H26N2S. The van der Waals surface area contributed by atoms with E-state index in [2.05, 4.69) is 55.5 Å². The van der Waals surface area contributed by atoms with Crippen molar-refractivity contribution in [2.75, 3.05) is 26.7 Å². The highest BCUT2D eigenvalue weighted by atomic mass is 32.1. The zero-order chi connectivity index (χ0) is 13.2. The number of nitrogens with one attached hydrogen (secondary N) is 1. The molecule has 2 atom stereocenters. The summed E-state index contributed by atoms with van der Waals surface area (Å²) in [6.07, 6.45) is 1.28. The van der Waals surface area contributed by atoms with Crippen molar-refractivity contribution in [1.82, 2.24) is 10.2 Å². The topological polar surface area (TPSA) is 15.3 Å². The molecule has 0 aliphatic carbocycles. The summed E-state index contributed by atoms with van der Waals surface area (Å²) in [6, 6.07) is 5.14. The fourth-order valence-electron chi connectivity index (χ4n) is 3.11. The molecule has 1 fully saturated rings. The molecule has 2 nitrogen and oxygen atoms in total. The van der Waals surface area contributed by atoms with E-state index in [1.54, 1.807) is 0 Å². The molecule has 0 spiro atoms. The van der Waals surface area contributed by atoms with Crippen LogP contribution in [0.5, 0.6) is 0 Å². The lowest BCUT2D eigenvalue weighted by Crippen LogP contribution is -2.50. The van der Waals surface area contributed by atoms with Gasteiger partial charge in [0, 0.05) is 29.4 Å². The van der Waals surface area contributed by atoms with Gasteiger partial charge in [0.1, 0.15) is 0 Å². The lowest BCUT2D eigenvalue weighted by molar-refractivity contribution is 0.129. The molecule has 1 aromatic heterocycles. The minimum atomic E-state index is 0.278. The first-order valence-corrected chi connectivity index (χ1v) is 7.84. The molecule has 1 aliphatic heterocycles. The molecule has 0 bridgehead atoms. The van der Waals surface area contributed by atoms with E-state index in [9.17, 15) is 0 Å². The Hall–Kier alpha value is -0.380. The van der Waals surface area contributed by atoms with Crippen LogP contribution in [0, 0.1) is 5.92 Å². The van der Waals surface area contributed by atoms with Crippen LogP contribution in [0.2, 0.25) is 0 Å². The van der Waals surface area contributed by atoms with E-state index in [0.717, 1.165) is 5.92 Å². The third-order valence-electron chi connectivity index (χ3n) is 4.17. The molecule has 18 heavy (non-hydrogen) atoms. The summed E-state index contributed by atoms with van der Waals surface area (Å²) >= 11 is 1.89. The van der Waals surface area contributed by atoms with Gasteiger partial charge < -0.3 is 10.2 Å². The number of hydrogen-bond acceptors (Lipinski definition) is 3. The van der Waals surface area contributed by atoms with E-state index < -0.39 is 0 Å². The van der Waals surface area contributed by atoms with Crippen LogP contribution in [-0.4, -0.2) is 37.6 Å². The molecule has 102 valence electrons. The molecular weight excluding hydrogens is 240 g/mol. The third-order valence-corrected chi connectivity index (χ3v) is 5.40. The van der Waals surface area contributed by atoms with Gasteiger partial charge in [-0.3, -0.25) is 0 Å². The van der Waals surface area contributed by atoms with E-state index >= 15 is 0 Å². The normalized spacial score (nSPS) is 26.4. The molecule has 1 N–H and O–H groups in total. The van der Waals surface area contributed by atoms with Crippen LogP contribution in [0.3, 0.4) is 0 Å². The predicted octanol–water partition coefficient (Wildman–Crippen LogP) is 2.96. The van der Waals surface area contributed by atoms with Gasteiger partial charge in [0.15, 0.2) is 0 Å². The summed E-state index contributed by atoms with van der Waals surface area (Å²) in [5.41, 5.74) is 0.278. The Morgan fingerprint density at radius 1 is 1.50 bits per heavy atom. The zero-order valence-electron chi connectivity index (χ0n) is 12.1. The monoisotopic (exact) mass is 266 g/mol. The average Bonchev–Trinajstić information content (AvgIpc) is 2.82. The maximum atomic E-state index is 3.44. The average molecular weight is 266 g/mol. The van der Waals surface area contributed by atoms with Crippen molar-refractivity contribution in [3.05, 3.63) is 22.4 Å². The van der Waals surface area contributed by atoms with E-state index in [4.69, 9.17) is 0 Å². The molecule has 0 radical (unpaired) electrons.